The van der Waals surface area contributed by atoms with Crippen LogP contribution in [0.5, 0.6) is 0 Å². The summed E-state index contributed by atoms with van der Waals surface area (Å²) in [5.41, 5.74) is 1.89. The zero-order valence-corrected chi connectivity index (χ0v) is 18.1. The molecule has 7 heteroatoms. The van der Waals surface area contributed by atoms with Crippen LogP contribution in [0, 0.1) is 0 Å². The van der Waals surface area contributed by atoms with Crippen molar-refractivity contribution in [2.45, 2.75) is 38.3 Å². The number of nitrogens with zero attached hydrogens (tertiary/aromatic N) is 3. The third-order valence-corrected chi connectivity index (χ3v) is 7.29. The summed E-state index contributed by atoms with van der Waals surface area (Å²) in [6.45, 7) is 8.47. The quantitative estimate of drug-likeness (QED) is 0.695. The Balaban J connectivity index is 2.01. The van der Waals surface area contributed by atoms with E-state index in [1.807, 2.05) is 24.3 Å². The Morgan fingerprint density at radius 2 is 1.59 bits per heavy atom. The molecule has 3 rings (SSSR count). The van der Waals surface area contributed by atoms with Gasteiger partial charge in [-0.25, -0.2) is 8.42 Å². The minimum atomic E-state index is -3.72. The molecule has 0 saturated carbocycles. The summed E-state index contributed by atoms with van der Waals surface area (Å²) >= 11 is 0. The molecular formula is C22H29N3O3S. The van der Waals surface area contributed by atoms with E-state index in [2.05, 4.69) is 18.7 Å². The predicted octanol–water partition coefficient (Wildman–Crippen LogP) is 3.47. The highest BCUT2D eigenvalue weighted by molar-refractivity contribution is 7.89. The Labute approximate surface area is 173 Å². The largest absolute Gasteiger partial charge is 0.372 e. The van der Waals surface area contributed by atoms with Gasteiger partial charge in [0.25, 0.3) is 0 Å². The molecule has 0 aromatic heterocycles. The van der Waals surface area contributed by atoms with Crippen LogP contribution in [-0.2, 0) is 14.8 Å². The van der Waals surface area contributed by atoms with E-state index in [0.717, 1.165) is 24.3 Å². The van der Waals surface area contributed by atoms with Gasteiger partial charge in [-0.05, 0) is 43.7 Å². The first-order valence-corrected chi connectivity index (χ1v) is 11.6. The van der Waals surface area contributed by atoms with Crippen molar-refractivity contribution in [2.24, 2.45) is 0 Å². The third kappa shape index (κ3) is 4.16. The van der Waals surface area contributed by atoms with E-state index in [9.17, 15) is 13.2 Å². The van der Waals surface area contributed by atoms with Crippen LogP contribution in [0.3, 0.4) is 0 Å². The maximum atomic E-state index is 13.3. The van der Waals surface area contributed by atoms with Crippen molar-refractivity contribution in [2.75, 3.05) is 31.1 Å². The molecule has 1 fully saturated rings. The van der Waals surface area contributed by atoms with Crippen molar-refractivity contribution in [3.8, 4) is 0 Å². The summed E-state index contributed by atoms with van der Waals surface area (Å²) in [5.74, 6) is -0.0476. The number of sulfonamides is 1. The molecule has 1 aliphatic heterocycles. The summed E-state index contributed by atoms with van der Waals surface area (Å²) in [7, 11) is -3.72. The number of rotatable bonds is 7. The van der Waals surface area contributed by atoms with Crippen molar-refractivity contribution in [3.05, 3.63) is 60.2 Å². The summed E-state index contributed by atoms with van der Waals surface area (Å²) < 4.78 is 28.1. The van der Waals surface area contributed by atoms with Crippen LogP contribution in [0.2, 0.25) is 0 Å². The third-order valence-electron chi connectivity index (χ3n) is 5.42. The molecule has 0 N–H and O–H groups in total. The normalized spacial score (nSPS) is 17.5. The highest BCUT2D eigenvalue weighted by atomic mass is 32.2. The van der Waals surface area contributed by atoms with E-state index in [-0.39, 0.29) is 17.3 Å². The molecule has 0 radical (unpaired) electrons. The fourth-order valence-electron chi connectivity index (χ4n) is 3.84. The maximum Gasteiger partial charge on any atom is 0.245 e. The first-order valence-electron chi connectivity index (χ1n) is 10.1. The Morgan fingerprint density at radius 3 is 2.14 bits per heavy atom. The Bertz CT molecular complexity index is 926. The average Bonchev–Trinajstić information content (AvgIpc) is 3.21. The highest BCUT2D eigenvalue weighted by Crippen LogP contribution is 2.36. The number of hydrogen-bond acceptors (Lipinski definition) is 4. The molecule has 0 bridgehead atoms. The number of benzene rings is 2. The van der Waals surface area contributed by atoms with E-state index in [0.29, 0.717) is 13.0 Å². The number of amides is 1. The van der Waals surface area contributed by atoms with E-state index in [1.54, 1.807) is 42.2 Å². The smallest absolute Gasteiger partial charge is 0.245 e. The molecular weight excluding hydrogens is 386 g/mol. The molecule has 0 aliphatic carbocycles. The van der Waals surface area contributed by atoms with Gasteiger partial charge < -0.3 is 9.80 Å². The molecule has 1 amide bonds. The summed E-state index contributed by atoms with van der Waals surface area (Å²) in [6, 6.07) is 16.3. The van der Waals surface area contributed by atoms with Crippen LogP contribution in [-0.4, -0.2) is 49.7 Å². The molecule has 1 aliphatic rings. The fourth-order valence-corrected chi connectivity index (χ4v) is 5.43. The highest BCUT2D eigenvalue weighted by Gasteiger charge is 2.42. The Hall–Kier alpha value is -2.38. The van der Waals surface area contributed by atoms with E-state index < -0.39 is 16.2 Å². The monoisotopic (exact) mass is 415 g/mol. The van der Waals surface area contributed by atoms with E-state index >= 15 is 0 Å². The number of carbonyl (C=O) groups excluding carboxylic acids is 1. The van der Waals surface area contributed by atoms with Gasteiger partial charge in [-0.15, -0.1) is 0 Å². The average molecular weight is 416 g/mol. The van der Waals surface area contributed by atoms with Gasteiger partial charge in [-0.1, -0.05) is 37.3 Å². The van der Waals surface area contributed by atoms with Gasteiger partial charge in [-0.3, -0.25) is 4.79 Å². The Kier molecular flexibility index (Phi) is 6.59. The van der Waals surface area contributed by atoms with Gasteiger partial charge in [0, 0.05) is 38.3 Å². The zero-order valence-electron chi connectivity index (χ0n) is 17.3. The lowest BCUT2D eigenvalue weighted by atomic mass is 10.1. The summed E-state index contributed by atoms with van der Waals surface area (Å²) in [5, 5.41) is 0. The van der Waals surface area contributed by atoms with Crippen LogP contribution in [0.1, 0.15) is 38.9 Å². The first-order chi connectivity index (χ1) is 13.9. The predicted molar refractivity (Wildman–Crippen MR) is 115 cm³/mol. The SMILES string of the molecule is CCC(=O)N1CCN(S(=O)(=O)c2ccccc2)[C@H]1c1ccc(N(CC)CC)cc1. The Morgan fingerprint density at radius 1 is 0.966 bits per heavy atom. The van der Waals surface area contributed by atoms with Crippen molar-refractivity contribution >= 4 is 21.6 Å². The van der Waals surface area contributed by atoms with Crippen LogP contribution in [0.15, 0.2) is 59.5 Å². The van der Waals surface area contributed by atoms with Gasteiger partial charge >= 0.3 is 0 Å². The summed E-state index contributed by atoms with van der Waals surface area (Å²) in [6.07, 6.45) is -0.286. The van der Waals surface area contributed by atoms with Crippen LogP contribution in [0.4, 0.5) is 5.69 Å². The molecule has 2 aromatic rings. The lowest BCUT2D eigenvalue weighted by Gasteiger charge is -2.30. The second-order valence-corrected chi connectivity index (χ2v) is 8.90. The van der Waals surface area contributed by atoms with Gasteiger partial charge in [0.1, 0.15) is 6.17 Å². The fraction of sp³-hybridized carbons (Fsp3) is 0.409. The van der Waals surface area contributed by atoms with Crippen molar-refractivity contribution < 1.29 is 13.2 Å². The number of hydrogen-bond donors (Lipinski definition) is 0. The van der Waals surface area contributed by atoms with Gasteiger partial charge in [0.15, 0.2) is 0 Å². The standard InChI is InChI=1S/C22H29N3O3S/c1-4-21(26)24-16-17-25(29(27,28)20-10-8-7-9-11-20)22(24)18-12-14-19(15-13-18)23(5-2)6-3/h7-15,22H,4-6,16-17H2,1-3H3/t22-/m0/s1. The molecule has 1 heterocycles. The first kappa shape index (κ1) is 21.3. The van der Waals surface area contributed by atoms with Gasteiger partial charge in [-0.2, -0.15) is 4.31 Å². The second kappa shape index (κ2) is 8.97. The molecule has 2 aromatic carbocycles. The molecule has 6 nitrogen and oxygen atoms in total. The maximum absolute atomic E-state index is 13.3. The van der Waals surface area contributed by atoms with Crippen molar-refractivity contribution in [1.82, 2.24) is 9.21 Å². The lowest BCUT2D eigenvalue weighted by molar-refractivity contribution is -0.132. The molecule has 0 unspecified atom stereocenters. The molecule has 1 atom stereocenters. The minimum absolute atomic E-state index is 0.0476. The lowest BCUT2D eigenvalue weighted by Crippen LogP contribution is -2.37. The van der Waals surface area contributed by atoms with Crippen molar-refractivity contribution in [1.29, 1.82) is 0 Å². The van der Waals surface area contributed by atoms with Crippen molar-refractivity contribution in [3.63, 3.8) is 0 Å². The molecule has 1 saturated heterocycles. The van der Waals surface area contributed by atoms with Gasteiger partial charge in [0.05, 0.1) is 4.90 Å². The number of carbonyl (C=O) groups is 1. The minimum Gasteiger partial charge on any atom is -0.372 e. The second-order valence-electron chi connectivity index (χ2n) is 7.01. The number of anilines is 1. The summed E-state index contributed by atoms with van der Waals surface area (Å²) in [4.78, 5) is 16.7. The zero-order chi connectivity index (χ0) is 21.0. The topological polar surface area (TPSA) is 60.9 Å². The molecule has 29 heavy (non-hydrogen) atoms. The molecule has 156 valence electrons. The van der Waals surface area contributed by atoms with Crippen LogP contribution < -0.4 is 4.90 Å². The van der Waals surface area contributed by atoms with Crippen LogP contribution >= 0.6 is 0 Å². The van der Waals surface area contributed by atoms with E-state index in [1.165, 1.54) is 4.31 Å². The van der Waals surface area contributed by atoms with Gasteiger partial charge in [0.2, 0.25) is 15.9 Å². The van der Waals surface area contributed by atoms with E-state index in [4.69, 9.17) is 0 Å². The van der Waals surface area contributed by atoms with Crippen LogP contribution in [0.25, 0.3) is 0 Å². The molecule has 0 spiro atoms.